The molecule has 3 rings (SSSR count). The fourth-order valence-corrected chi connectivity index (χ4v) is 3.44. The van der Waals surface area contributed by atoms with Gasteiger partial charge in [-0.1, -0.05) is 31.4 Å². The van der Waals surface area contributed by atoms with Crippen molar-refractivity contribution < 1.29 is 9.90 Å². The molecular formula is C17H23NO2. The number of likely N-dealkylation sites (tertiary alicyclic amines) is 1. The van der Waals surface area contributed by atoms with E-state index in [1.165, 1.54) is 37.7 Å². The summed E-state index contributed by atoms with van der Waals surface area (Å²) in [6, 6.07) is 8.15. The molecule has 1 aromatic carbocycles. The predicted octanol–water partition coefficient (Wildman–Crippen LogP) is 2.94. The fourth-order valence-electron chi connectivity index (χ4n) is 3.44. The van der Waals surface area contributed by atoms with Crippen molar-refractivity contribution in [3.63, 3.8) is 0 Å². The van der Waals surface area contributed by atoms with Crippen LogP contribution in [0.15, 0.2) is 24.3 Å². The van der Waals surface area contributed by atoms with E-state index in [-0.39, 0.29) is 12.0 Å². The molecule has 0 unspecified atom stereocenters. The topological polar surface area (TPSA) is 40.5 Å². The van der Waals surface area contributed by atoms with Crippen molar-refractivity contribution in [1.29, 1.82) is 0 Å². The molecule has 1 saturated carbocycles. The zero-order chi connectivity index (χ0) is 13.9. The summed E-state index contributed by atoms with van der Waals surface area (Å²) in [5, 5.41) is 9.52. The van der Waals surface area contributed by atoms with Gasteiger partial charge in [0, 0.05) is 18.7 Å². The van der Waals surface area contributed by atoms with Crippen molar-refractivity contribution in [2.45, 2.75) is 50.5 Å². The van der Waals surface area contributed by atoms with Gasteiger partial charge >= 0.3 is 0 Å². The summed E-state index contributed by atoms with van der Waals surface area (Å²) in [4.78, 5) is 14.0. The summed E-state index contributed by atoms with van der Waals surface area (Å²) < 4.78 is 0. The van der Waals surface area contributed by atoms with Gasteiger partial charge in [-0.3, -0.25) is 4.79 Å². The molecule has 1 aromatic rings. The van der Waals surface area contributed by atoms with Crippen LogP contribution in [-0.4, -0.2) is 35.1 Å². The van der Waals surface area contributed by atoms with Crippen molar-refractivity contribution in [1.82, 2.24) is 4.90 Å². The van der Waals surface area contributed by atoms with E-state index in [1.54, 1.807) is 4.90 Å². The smallest absolute Gasteiger partial charge is 0.253 e. The number of nitrogens with zero attached hydrogens (tertiary/aromatic N) is 1. The van der Waals surface area contributed by atoms with Crippen LogP contribution in [0.5, 0.6) is 0 Å². The molecule has 0 bridgehead atoms. The van der Waals surface area contributed by atoms with Gasteiger partial charge in [-0.05, 0) is 42.9 Å². The summed E-state index contributed by atoms with van der Waals surface area (Å²) in [5.41, 5.74) is 2.13. The maximum absolute atomic E-state index is 12.3. The van der Waals surface area contributed by atoms with Gasteiger partial charge in [0.2, 0.25) is 0 Å². The largest absolute Gasteiger partial charge is 0.391 e. The number of carbonyl (C=O) groups excluding carboxylic acids is 1. The molecule has 1 heterocycles. The van der Waals surface area contributed by atoms with Gasteiger partial charge in [0.05, 0.1) is 6.10 Å². The Labute approximate surface area is 120 Å². The molecule has 2 fully saturated rings. The number of amides is 1. The van der Waals surface area contributed by atoms with Crippen molar-refractivity contribution in [3.8, 4) is 0 Å². The number of β-amino-alcohol motifs (C(OH)–C–C–N with tert-alkyl or cyclic N) is 1. The maximum atomic E-state index is 12.3. The summed E-state index contributed by atoms with van der Waals surface area (Å²) in [6.45, 7) is 1.15. The maximum Gasteiger partial charge on any atom is 0.253 e. The van der Waals surface area contributed by atoms with Gasteiger partial charge < -0.3 is 10.0 Å². The number of hydrogen-bond acceptors (Lipinski definition) is 2. The van der Waals surface area contributed by atoms with E-state index < -0.39 is 0 Å². The molecule has 0 radical (unpaired) electrons. The van der Waals surface area contributed by atoms with Crippen molar-refractivity contribution in [2.24, 2.45) is 0 Å². The van der Waals surface area contributed by atoms with Gasteiger partial charge in [0.25, 0.3) is 5.91 Å². The Morgan fingerprint density at radius 1 is 1.05 bits per heavy atom. The van der Waals surface area contributed by atoms with Crippen LogP contribution in [0, 0.1) is 0 Å². The molecule has 0 aromatic heterocycles. The average Bonchev–Trinajstić information content (AvgIpc) is 2.94. The first kappa shape index (κ1) is 13.6. The van der Waals surface area contributed by atoms with E-state index in [0.29, 0.717) is 25.4 Å². The normalized spacial score (nSPS) is 24.1. The van der Waals surface area contributed by atoms with E-state index >= 15 is 0 Å². The zero-order valence-electron chi connectivity index (χ0n) is 11.9. The van der Waals surface area contributed by atoms with Crippen LogP contribution >= 0.6 is 0 Å². The minimum Gasteiger partial charge on any atom is -0.391 e. The van der Waals surface area contributed by atoms with Crippen molar-refractivity contribution in [3.05, 3.63) is 35.4 Å². The first-order chi connectivity index (χ1) is 9.74. The van der Waals surface area contributed by atoms with Crippen molar-refractivity contribution >= 4 is 5.91 Å². The number of carbonyl (C=O) groups is 1. The second-order valence-corrected chi connectivity index (χ2v) is 6.15. The monoisotopic (exact) mass is 273 g/mol. The Morgan fingerprint density at radius 3 is 2.35 bits per heavy atom. The number of aliphatic hydroxyl groups excluding tert-OH is 1. The lowest BCUT2D eigenvalue weighted by Gasteiger charge is -2.22. The number of rotatable bonds is 2. The van der Waals surface area contributed by atoms with Gasteiger partial charge in [-0.25, -0.2) is 0 Å². The predicted molar refractivity (Wildman–Crippen MR) is 78.8 cm³/mol. The van der Waals surface area contributed by atoms with Crippen LogP contribution in [0.1, 0.15) is 60.4 Å². The molecule has 108 valence electrons. The Balaban J connectivity index is 1.67. The van der Waals surface area contributed by atoms with Gasteiger partial charge in [0.1, 0.15) is 0 Å². The third kappa shape index (κ3) is 2.88. The highest BCUT2D eigenvalue weighted by Crippen LogP contribution is 2.32. The molecule has 20 heavy (non-hydrogen) atoms. The lowest BCUT2D eigenvalue weighted by molar-refractivity contribution is 0.0765. The first-order valence-corrected chi connectivity index (χ1v) is 7.81. The Kier molecular flexibility index (Phi) is 4.06. The van der Waals surface area contributed by atoms with Crippen LogP contribution in [0.3, 0.4) is 0 Å². The number of benzene rings is 1. The summed E-state index contributed by atoms with van der Waals surface area (Å²) in [5.74, 6) is 0.734. The van der Waals surface area contributed by atoms with E-state index in [1.807, 2.05) is 12.1 Å². The van der Waals surface area contributed by atoms with Crippen molar-refractivity contribution in [2.75, 3.05) is 13.1 Å². The molecule has 1 aliphatic carbocycles. The SMILES string of the molecule is O=C(c1ccc(C2CCCCC2)cc1)N1CC[C@H](O)C1. The van der Waals surface area contributed by atoms with Crippen LogP contribution < -0.4 is 0 Å². The Bertz CT molecular complexity index is 462. The molecule has 0 spiro atoms. The summed E-state index contributed by atoms with van der Waals surface area (Å²) in [6.07, 6.45) is 6.95. The summed E-state index contributed by atoms with van der Waals surface area (Å²) in [7, 11) is 0. The lowest BCUT2D eigenvalue weighted by atomic mass is 9.84. The van der Waals surface area contributed by atoms with Crippen LogP contribution in [0.4, 0.5) is 0 Å². The molecule has 1 amide bonds. The van der Waals surface area contributed by atoms with E-state index in [9.17, 15) is 9.90 Å². The molecule has 3 nitrogen and oxygen atoms in total. The number of hydrogen-bond donors (Lipinski definition) is 1. The van der Waals surface area contributed by atoms with Gasteiger partial charge in [-0.15, -0.1) is 0 Å². The van der Waals surface area contributed by atoms with Crippen LogP contribution in [-0.2, 0) is 0 Å². The quantitative estimate of drug-likeness (QED) is 0.900. The standard InChI is InChI=1S/C17H23NO2/c19-16-10-11-18(12-16)17(20)15-8-6-14(7-9-15)13-4-2-1-3-5-13/h6-9,13,16,19H,1-5,10-12H2/t16-/m0/s1. The molecule has 2 aliphatic rings. The van der Waals surface area contributed by atoms with E-state index in [2.05, 4.69) is 12.1 Å². The zero-order valence-corrected chi connectivity index (χ0v) is 11.9. The second kappa shape index (κ2) is 5.96. The Hall–Kier alpha value is -1.35. The van der Waals surface area contributed by atoms with E-state index in [4.69, 9.17) is 0 Å². The fraction of sp³-hybridized carbons (Fsp3) is 0.588. The highest BCUT2D eigenvalue weighted by molar-refractivity contribution is 5.94. The van der Waals surface area contributed by atoms with Crippen LogP contribution in [0.25, 0.3) is 0 Å². The molecule has 1 N–H and O–H groups in total. The highest BCUT2D eigenvalue weighted by atomic mass is 16.3. The molecular weight excluding hydrogens is 250 g/mol. The average molecular weight is 273 g/mol. The molecule has 1 saturated heterocycles. The molecule has 1 atom stereocenters. The first-order valence-electron chi connectivity index (χ1n) is 7.81. The van der Waals surface area contributed by atoms with Gasteiger partial charge in [0.15, 0.2) is 0 Å². The Morgan fingerprint density at radius 2 is 1.75 bits per heavy atom. The molecule has 3 heteroatoms. The minimum atomic E-state index is -0.347. The molecule has 1 aliphatic heterocycles. The minimum absolute atomic E-state index is 0.0525. The second-order valence-electron chi connectivity index (χ2n) is 6.15. The van der Waals surface area contributed by atoms with E-state index in [0.717, 1.165) is 5.56 Å². The van der Waals surface area contributed by atoms with Gasteiger partial charge in [-0.2, -0.15) is 0 Å². The third-order valence-electron chi connectivity index (χ3n) is 4.68. The lowest BCUT2D eigenvalue weighted by Crippen LogP contribution is -2.29. The highest BCUT2D eigenvalue weighted by Gasteiger charge is 2.25. The summed E-state index contributed by atoms with van der Waals surface area (Å²) >= 11 is 0. The number of aliphatic hydroxyl groups is 1. The third-order valence-corrected chi connectivity index (χ3v) is 4.68. The van der Waals surface area contributed by atoms with Crippen LogP contribution in [0.2, 0.25) is 0 Å².